The lowest BCUT2D eigenvalue weighted by Crippen LogP contribution is -2.51. The summed E-state index contributed by atoms with van der Waals surface area (Å²) in [6.07, 6.45) is 2.01. The number of aliphatic hydroxyl groups is 1. The van der Waals surface area contributed by atoms with Crippen LogP contribution in [0.5, 0.6) is 0 Å². The third-order valence-electron chi connectivity index (χ3n) is 2.97. The van der Waals surface area contributed by atoms with E-state index in [2.05, 4.69) is 37.7 Å². The average Bonchev–Trinajstić information content (AvgIpc) is 2.26. The van der Waals surface area contributed by atoms with E-state index in [-0.39, 0.29) is 18.7 Å². The summed E-state index contributed by atoms with van der Waals surface area (Å²) in [4.78, 5) is 4.47. The monoisotopic (exact) mass is 231 g/mol. The van der Waals surface area contributed by atoms with Gasteiger partial charge in [-0.25, -0.2) is 0 Å². The molecule has 0 amide bonds. The fourth-order valence-electron chi connectivity index (χ4n) is 1.85. The molecule has 0 saturated carbocycles. The highest BCUT2D eigenvalue weighted by molar-refractivity contribution is 4.81. The Morgan fingerprint density at radius 1 is 1.12 bits per heavy atom. The van der Waals surface area contributed by atoms with Gasteiger partial charge in [0.2, 0.25) is 0 Å². The molecule has 0 saturated heterocycles. The van der Waals surface area contributed by atoms with Gasteiger partial charge in [-0.15, -0.1) is 0 Å². The van der Waals surface area contributed by atoms with Gasteiger partial charge in [-0.3, -0.25) is 4.90 Å². The lowest BCUT2D eigenvalue weighted by Gasteiger charge is -2.34. The molecule has 4 heteroatoms. The Labute approximate surface area is 100 Å². The first kappa shape index (κ1) is 15.8. The second kappa shape index (κ2) is 8.93. The molecule has 0 aliphatic heterocycles. The van der Waals surface area contributed by atoms with Gasteiger partial charge in [0, 0.05) is 25.2 Å². The van der Waals surface area contributed by atoms with E-state index in [1.807, 2.05) is 0 Å². The molecule has 16 heavy (non-hydrogen) atoms. The lowest BCUT2D eigenvalue weighted by molar-refractivity contribution is 0.0959. The van der Waals surface area contributed by atoms with Crippen molar-refractivity contribution in [2.45, 2.75) is 38.8 Å². The second-order valence-electron chi connectivity index (χ2n) is 4.66. The van der Waals surface area contributed by atoms with E-state index in [1.165, 1.54) is 0 Å². The van der Waals surface area contributed by atoms with Crippen LogP contribution >= 0.6 is 0 Å². The molecule has 0 aliphatic rings. The van der Waals surface area contributed by atoms with Gasteiger partial charge in [-0.1, -0.05) is 13.8 Å². The van der Waals surface area contributed by atoms with Crippen molar-refractivity contribution in [3.8, 4) is 0 Å². The van der Waals surface area contributed by atoms with Crippen molar-refractivity contribution in [3.05, 3.63) is 0 Å². The quantitative estimate of drug-likeness (QED) is 0.601. The van der Waals surface area contributed by atoms with Crippen LogP contribution in [0.1, 0.15) is 26.7 Å². The smallest absolute Gasteiger partial charge is 0.0601 e. The fourth-order valence-corrected chi connectivity index (χ4v) is 1.85. The van der Waals surface area contributed by atoms with E-state index >= 15 is 0 Å². The third kappa shape index (κ3) is 5.80. The van der Waals surface area contributed by atoms with Gasteiger partial charge in [-0.05, 0) is 33.5 Å². The molecule has 0 bridgehead atoms. The molecular weight excluding hydrogens is 202 g/mol. The van der Waals surface area contributed by atoms with Crippen LogP contribution < -0.4 is 5.73 Å². The van der Waals surface area contributed by atoms with Crippen LogP contribution in [0.2, 0.25) is 0 Å². The fraction of sp³-hybridized carbons (Fsp3) is 1.00. The summed E-state index contributed by atoms with van der Waals surface area (Å²) in [5, 5.41) is 9.45. The summed E-state index contributed by atoms with van der Waals surface area (Å²) >= 11 is 0. The van der Waals surface area contributed by atoms with Crippen LogP contribution in [0.25, 0.3) is 0 Å². The minimum Gasteiger partial charge on any atom is -0.395 e. The van der Waals surface area contributed by atoms with Gasteiger partial charge in [0.1, 0.15) is 0 Å². The van der Waals surface area contributed by atoms with E-state index in [0.29, 0.717) is 0 Å². The molecule has 0 heterocycles. The highest BCUT2D eigenvalue weighted by Gasteiger charge is 2.22. The summed E-state index contributed by atoms with van der Waals surface area (Å²) in [5.41, 5.74) is 6.05. The van der Waals surface area contributed by atoms with Crippen molar-refractivity contribution >= 4 is 0 Å². The maximum absolute atomic E-state index is 9.45. The molecule has 0 spiro atoms. The van der Waals surface area contributed by atoms with E-state index in [1.54, 1.807) is 0 Å². The van der Waals surface area contributed by atoms with Gasteiger partial charge in [-0.2, -0.15) is 0 Å². The molecule has 98 valence electrons. The highest BCUT2D eigenvalue weighted by atomic mass is 16.3. The van der Waals surface area contributed by atoms with Crippen molar-refractivity contribution in [2.24, 2.45) is 5.73 Å². The Hall–Kier alpha value is -0.160. The van der Waals surface area contributed by atoms with Crippen LogP contribution in [0.15, 0.2) is 0 Å². The topological polar surface area (TPSA) is 52.7 Å². The zero-order valence-corrected chi connectivity index (χ0v) is 11.3. The number of nitrogens with two attached hydrogens (primary N) is 1. The van der Waals surface area contributed by atoms with Crippen LogP contribution in [-0.2, 0) is 0 Å². The van der Waals surface area contributed by atoms with Crippen molar-refractivity contribution in [3.63, 3.8) is 0 Å². The minimum absolute atomic E-state index is 0.0683. The summed E-state index contributed by atoms with van der Waals surface area (Å²) in [7, 11) is 4.13. The van der Waals surface area contributed by atoms with Gasteiger partial charge >= 0.3 is 0 Å². The van der Waals surface area contributed by atoms with Crippen molar-refractivity contribution in [1.29, 1.82) is 0 Å². The van der Waals surface area contributed by atoms with Crippen molar-refractivity contribution < 1.29 is 5.11 Å². The predicted molar refractivity (Wildman–Crippen MR) is 69.6 cm³/mol. The molecule has 0 radical (unpaired) electrons. The molecule has 0 aromatic heterocycles. The molecular formula is C12H29N3O. The number of hydrogen-bond acceptors (Lipinski definition) is 4. The highest BCUT2D eigenvalue weighted by Crippen LogP contribution is 2.07. The Balaban J connectivity index is 4.33. The second-order valence-corrected chi connectivity index (χ2v) is 4.66. The number of hydrogen-bond donors (Lipinski definition) is 2. The van der Waals surface area contributed by atoms with E-state index in [0.717, 1.165) is 32.5 Å². The van der Waals surface area contributed by atoms with E-state index in [4.69, 9.17) is 5.73 Å². The maximum Gasteiger partial charge on any atom is 0.0601 e. The molecule has 0 aliphatic carbocycles. The summed E-state index contributed by atoms with van der Waals surface area (Å²) in [6, 6.07) is 0.170. The third-order valence-corrected chi connectivity index (χ3v) is 2.97. The average molecular weight is 231 g/mol. The molecule has 2 unspecified atom stereocenters. The normalized spacial score (nSPS) is 15.8. The Morgan fingerprint density at radius 3 is 2.12 bits per heavy atom. The van der Waals surface area contributed by atoms with E-state index < -0.39 is 0 Å². The standard InChI is InChI=1S/C12H29N3O/c1-5-7-15(9-8-14(3)4)12(10-16)11(13)6-2/h11-12,16H,5-10,13H2,1-4H3. The lowest BCUT2D eigenvalue weighted by atomic mass is 10.1. The van der Waals surface area contributed by atoms with Crippen LogP contribution in [-0.4, -0.2) is 67.3 Å². The first-order valence-electron chi connectivity index (χ1n) is 6.31. The van der Waals surface area contributed by atoms with Crippen molar-refractivity contribution in [2.75, 3.05) is 40.3 Å². The molecule has 0 fully saturated rings. The van der Waals surface area contributed by atoms with Crippen LogP contribution in [0.4, 0.5) is 0 Å². The Morgan fingerprint density at radius 2 is 1.75 bits per heavy atom. The summed E-state index contributed by atoms with van der Waals surface area (Å²) in [6.45, 7) is 7.37. The van der Waals surface area contributed by atoms with Gasteiger partial charge in [0.15, 0.2) is 0 Å². The summed E-state index contributed by atoms with van der Waals surface area (Å²) in [5.74, 6) is 0. The number of nitrogens with zero attached hydrogens (tertiary/aromatic N) is 2. The van der Waals surface area contributed by atoms with Crippen LogP contribution in [0.3, 0.4) is 0 Å². The van der Waals surface area contributed by atoms with Gasteiger partial charge in [0.05, 0.1) is 6.61 Å². The maximum atomic E-state index is 9.45. The Bertz CT molecular complexity index is 164. The largest absolute Gasteiger partial charge is 0.395 e. The molecule has 0 aromatic rings. The molecule has 0 aromatic carbocycles. The van der Waals surface area contributed by atoms with Crippen molar-refractivity contribution in [1.82, 2.24) is 9.80 Å². The molecule has 0 rings (SSSR count). The molecule has 4 nitrogen and oxygen atoms in total. The zero-order valence-electron chi connectivity index (χ0n) is 11.3. The first-order valence-corrected chi connectivity index (χ1v) is 6.31. The zero-order chi connectivity index (χ0) is 12.6. The number of likely N-dealkylation sites (N-methyl/N-ethyl adjacent to an activating group) is 1. The van der Waals surface area contributed by atoms with Gasteiger partial charge in [0.25, 0.3) is 0 Å². The number of rotatable bonds is 9. The van der Waals surface area contributed by atoms with E-state index in [9.17, 15) is 5.11 Å². The summed E-state index contributed by atoms with van der Waals surface area (Å²) < 4.78 is 0. The predicted octanol–water partition coefficient (Wildman–Crippen LogP) is 0.358. The Kier molecular flexibility index (Phi) is 8.84. The van der Waals surface area contributed by atoms with Crippen LogP contribution in [0, 0.1) is 0 Å². The minimum atomic E-state index is 0.0683. The SMILES string of the molecule is CCCN(CCN(C)C)C(CO)C(N)CC. The number of aliphatic hydroxyl groups excluding tert-OH is 1. The van der Waals surface area contributed by atoms with Gasteiger partial charge < -0.3 is 15.7 Å². The first-order chi connectivity index (χ1) is 7.56. The molecule has 2 atom stereocenters. The molecule has 3 N–H and O–H groups in total.